The molecule has 0 bridgehead atoms. The van der Waals surface area contributed by atoms with Gasteiger partial charge in [-0.1, -0.05) is 26.8 Å². The summed E-state index contributed by atoms with van der Waals surface area (Å²) >= 11 is 0. The van der Waals surface area contributed by atoms with Gasteiger partial charge in [-0.2, -0.15) is 9.78 Å². The molecular formula is C21H24N8O. The Labute approximate surface area is 174 Å². The summed E-state index contributed by atoms with van der Waals surface area (Å²) in [5.41, 5.74) is 1.02. The molecule has 0 atom stereocenters. The maximum Gasteiger partial charge on any atom is 0.230 e. The fourth-order valence-electron chi connectivity index (χ4n) is 2.81. The van der Waals surface area contributed by atoms with Crippen LogP contribution in [0.3, 0.4) is 0 Å². The Balaban J connectivity index is 1.62. The summed E-state index contributed by atoms with van der Waals surface area (Å²) in [6, 6.07) is 9.31. The first-order valence-corrected chi connectivity index (χ1v) is 9.92. The number of hydrogen-bond acceptors (Lipinski definition) is 7. The molecule has 3 heterocycles. The molecule has 0 unspecified atom stereocenters. The number of rotatable bonds is 6. The quantitative estimate of drug-likeness (QED) is 0.574. The Hall–Kier alpha value is -3.67. The summed E-state index contributed by atoms with van der Waals surface area (Å²) in [5.74, 6) is 2.23. The predicted molar refractivity (Wildman–Crippen MR) is 115 cm³/mol. The number of imidazole rings is 1. The summed E-state index contributed by atoms with van der Waals surface area (Å²) in [5, 5.41) is 23.3. The van der Waals surface area contributed by atoms with Crippen LogP contribution in [0.5, 0.6) is 0 Å². The lowest BCUT2D eigenvalue weighted by Gasteiger charge is -2.17. The molecule has 4 rings (SSSR count). The number of pyridine rings is 1. The summed E-state index contributed by atoms with van der Waals surface area (Å²) in [4.78, 5) is 21.1. The third-order valence-electron chi connectivity index (χ3n) is 4.79. The second-order valence-corrected chi connectivity index (χ2v) is 8.50. The van der Waals surface area contributed by atoms with E-state index in [-0.39, 0.29) is 5.91 Å². The molecule has 3 N–H and O–H groups in total. The van der Waals surface area contributed by atoms with Crippen LogP contribution in [0.4, 0.5) is 23.1 Å². The SMILES string of the molecule is CC(C)(C)C(=O)Nc1cccc(Nc2cc(NCC3CC3)nn3c(C#N)cnc23)n1. The van der Waals surface area contributed by atoms with E-state index in [0.29, 0.717) is 40.4 Å². The molecule has 1 amide bonds. The maximum atomic E-state index is 12.3. The number of nitrogens with one attached hydrogen (secondary N) is 3. The molecular weight excluding hydrogens is 380 g/mol. The van der Waals surface area contributed by atoms with E-state index in [1.807, 2.05) is 32.9 Å². The fourth-order valence-corrected chi connectivity index (χ4v) is 2.81. The Morgan fingerprint density at radius 2 is 2.03 bits per heavy atom. The van der Waals surface area contributed by atoms with Gasteiger partial charge in [0.1, 0.15) is 23.5 Å². The first kappa shape index (κ1) is 19.6. The van der Waals surface area contributed by atoms with Crippen LogP contribution < -0.4 is 16.0 Å². The third kappa shape index (κ3) is 4.33. The monoisotopic (exact) mass is 404 g/mol. The van der Waals surface area contributed by atoms with Crippen LogP contribution in [-0.4, -0.2) is 32.0 Å². The standard InChI is InChI=1S/C21H24N8O/c1-21(2,3)20(30)27-17-6-4-5-16(26-17)25-15-9-18(23-11-13-7-8-13)28-29-14(10-22)12-24-19(15)29/h4-6,9,12-13H,7-8,11H2,1-3H3,(H,23,28)(H2,25,26,27,30). The average Bonchev–Trinajstić information content (AvgIpc) is 3.43. The van der Waals surface area contributed by atoms with Gasteiger partial charge < -0.3 is 16.0 Å². The molecule has 3 aromatic heterocycles. The highest BCUT2D eigenvalue weighted by atomic mass is 16.2. The van der Waals surface area contributed by atoms with E-state index >= 15 is 0 Å². The largest absolute Gasteiger partial charge is 0.368 e. The second-order valence-electron chi connectivity index (χ2n) is 8.50. The molecule has 3 aromatic rings. The molecule has 1 aliphatic rings. The summed E-state index contributed by atoms with van der Waals surface area (Å²) in [6.07, 6.45) is 3.95. The zero-order valence-electron chi connectivity index (χ0n) is 17.2. The van der Waals surface area contributed by atoms with Crippen LogP contribution in [-0.2, 0) is 4.79 Å². The average molecular weight is 404 g/mol. The smallest absolute Gasteiger partial charge is 0.230 e. The number of nitriles is 1. The normalized spacial score (nSPS) is 13.7. The van der Waals surface area contributed by atoms with Gasteiger partial charge >= 0.3 is 0 Å². The van der Waals surface area contributed by atoms with Crippen molar-refractivity contribution in [3.63, 3.8) is 0 Å². The van der Waals surface area contributed by atoms with Crippen molar-refractivity contribution in [2.24, 2.45) is 11.3 Å². The van der Waals surface area contributed by atoms with Crippen molar-refractivity contribution in [1.29, 1.82) is 5.26 Å². The Morgan fingerprint density at radius 1 is 1.27 bits per heavy atom. The van der Waals surface area contributed by atoms with Crippen LogP contribution in [0.25, 0.3) is 5.65 Å². The van der Waals surface area contributed by atoms with Gasteiger partial charge in [-0.3, -0.25) is 4.79 Å². The molecule has 0 aromatic carbocycles. The van der Waals surface area contributed by atoms with Gasteiger partial charge in [0.25, 0.3) is 0 Å². The minimum absolute atomic E-state index is 0.114. The van der Waals surface area contributed by atoms with Crippen LogP contribution in [0, 0.1) is 22.7 Å². The molecule has 154 valence electrons. The van der Waals surface area contributed by atoms with E-state index in [1.165, 1.54) is 23.6 Å². The molecule has 30 heavy (non-hydrogen) atoms. The number of anilines is 4. The molecule has 9 nitrogen and oxygen atoms in total. The third-order valence-corrected chi connectivity index (χ3v) is 4.79. The van der Waals surface area contributed by atoms with E-state index in [1.54, 1.807) is 12.1 Å². The summed E-state index contributed by atoms with van der Waals surface area (Å²) < 4.78 is 1.52. The minimum atomic E-state index is -0.520. The van der Waals surface area contributed by atoms with Crippen molar-refractivity contribution in [1.82, 2.24) is 19.6 Å². The minimum Gasteiger partial charge on any atom is -0.368 e. The van der Waals surface area contributed by atoms with E-state index in [9.17, 15) is 10.1 Å². The number of amides is 1. The van der Waals surface area contributed by atoms with Crippen molar-refractivity contribution in [3.8, 4) is 6.07 Å². The molecule has 0 radical (unpaired) electrons. The van der Waals surface area contributed by atoms with E-state index < -0.39 is 5.41 Å². The van der Waals surface area contributed by atoms with E-state index in [2.05, 4.69) is 37.1 Å². The van der Waals surface area contributed by atoms with Gasteiger partial charge in [0.2, 0.25) is 5.91 Å². The zero-order valence-corrected chi connectivity index (χ0v) is 17.2. The number of hydrogen-bond donors (Lipinski definition) is 3. The van der Waals surface area contributed by atoms with Gasteiger partial charge in [-0.25, -0.2) is 9.97 Å². The molecule has 0 aliphatic heterocycles. The topological polar surface area (TPSA) is 120 Å². The van der Waals surface area contributed by atoms with Crippen LogP contribution in [0.15, 0.2) is 30.5 Å². The lowest BCUT2D eigenvalue weighted by Crippen LogP contribution is -2.28. The Morgan fingerprint density at radius 3 is 2.73 bits per heavy atom. The predicted octanol–water partition coefficient (Wildman–Crippen LogP) is 3.55. The second kappa shape index (κ2) is 7.63. The first-order chi connectivity index (χ1) is 14.3. The lowest BCUT2D eigenvalue weighted by atomic mass is 9.96. The molecule has 1 saturated carbocycles. The highest BCUT2D eigenvalue weighted by Crippen LogP contribution is 2.30. The number of carbonyl (C=O) groups is 1. The van der Waals surface area contributed by atoms with E-state index in [4.69, 9.17) is 0 Å². The molecule has 1 fully saturated rings. The van der Waals surface area contributed by atoms with Crippen molar-refractivity contribution in [2.75, 3.05) is 22.5 Å². The summed E-state index contributed by atoms with van der Waals surface area (Å²) in [7, 11) is 0. The molecule has 1 aliphatic carbocycles. The highest BCUT2D eigenvalue weighted by Gasteiger charge is 2.22. The zero-order chi connectivity index (χ0) is 21.3. The molecule has 0 saturated heterocycles. The van der Waals surface area contributed by atoms with Crippen LogP contribution in [0.2, 0.25) is 0 Å². The van der Waals surface area contributed by atoms with Gasteiger partial charge in [0, 0.05) is 18.0 Å². The first-order valence-electron chi connectivity index (χ1n) is 9.92. The summed E-state index contributed by atoms with van der Waals surface area (Å²) in [6.45, 7) is 6.39. The van der Waals surface area contributed by atoms with Crippen LogP contribution in [0.1, 0.15) is 39.3 Å². The number of nitrogens with zero attached hydrogens (tertiary/aromatic N) is 5. The number of aromatic nitrogens is 4. The number of fused-ring (bicyclic) bond motifs is 1. The van der Waals surface area contributed by atoms with Crippen LogP contribution >= 0.6 is 0 Å². The van der Waals surface area contributed by atoms with Crippen molar-refractivity contribution >= 4 is 34.7 Å². The fraction of sp³-hybridized carbons (Fsp3) is 0.381. The molecule has 9 heteroatoms. The van der Waals surface area contributed by atoms with Crippen molar-refractivity contribution in [3.05, 3.63) is 36.2 Å². The Bertz CT molecular complexity index is 1130. The highest BCUT2D eigenvalue weighted by molar-refractivity contribution is 5.93. The van der Waals surface area contributed by atoms with Gasteiger partial charge in [0.15, 0.2) is 11.3 Å². The number of carbonyl (C=O) groups excluding carboxylic acids is 1. The van der Waals surface area contributed by atoms with Crippen molar-refractivity contribution < 1.29 is 4.79 Å². The Kier molecular flexibility index (Phi) is 4.99. The lowest BCUT2D eigenvalue weighted by molar-refractivity contribution is -0.123. The van der Waals surface area contributed by atoms with Gasteiger partial charge in [-0.15, -0.1) is 5.10 Å². The molecule has 0 spiro atoms. The van der Waals surface area contributed by atoms with Crippen molar-refractivity contribution in [2.45, 2.75) is 33.6 Å². The van der Waals surface area contributed by atoms with E-state index in [0.717, 1.165) is 6.54 Å². The van der Waals surface area contributed by atoms with Gasteiger partial charge in [-0.05, 0) is 30.9 Å². The van der Waals surface area contributed by atoms with Gasteiger partial charge in [0.05, 0.1) is 11.9 Å². The maximum absolute atomic E-state index is 12.3.